The van der Waals surface area contributed by atoms with Crippen molar-refractivity contribution in [2.45, 2.75) is 19.9 Å². The number of nitrogens with zero attached hydrogens (tertiary/aromatic N) is 3. The van der Waals surface area contributed by atoms with Crippen LogP contribution in [0.25, 0.3) is 0 Å². The van der Waals surface area contributed by atoms with E-state index in [0.29, 0.717) is 33.3 Å². The largest absolute Gasteiger partial charge is 0.483 e. The SMILES string of the molecule is CCOC(=O)C1=C(C)NC(=S)N[C@H]1c1ccccc1OCC(=O)NN=Cc1ccccc1Oc1ccc([N+](=O)[O-])cc1[N+](=O)[O-]. The number of carbonyl (C=O) groups excluding carboxylic acids is 2. The average Bonchev–Trinajstić information content (AvgIpc) is 3.00. The third kappa shape index (κ3) is 7.94. The number of carbonyl (C=O) groups is 2. The van der Waals surface area contributed by atoms with Crippen LogP contribution in [0.15, 0.2) is 83.1 Å². The molecule has 4 rings (SSSR count). The molecule has 0 spiro atoms. The van der Waals surface area contributed by atoms with Crippen molar-refractivity contribution in [3.05, 3.63) is 109 Å². The van der Waals surface area contributed by atoms with E-state index in [1.165, 1.54) is 12.3 Å². The molecule has 0 unspecified atom stereocenters. The molecule has 0 saturated heterocycles. The number of hydrogen-bond acceptors (Lipinski definition) is 11. The Morgan fingerprint density at radius 3 is 2.44 bits per heavy atom. The van der Waals surface area contributed by atoms with Gasteiger partial charge < -0.3 is 24.8 Å². The first-order chi connectivity index (χ1) is 21.6. The second kappa shape index (κ2) is 14.5. The van der Waals surface area contributed by atoms with E-state index < -0.39 is 45.7 Å². The molecule has 1 amide bonds. The number of non-ortho nitro benzene ring substituents is 1. The first kappa shape index (κ1) is 32.0. The van der Waals surface area contributed by atoms with Crippen LogP contribution in [-0.2, 0) is 14.3 Å². The lowest BCUT2D eigenvalue weighted by Crippen LogP contribution is -2.45. The van der Waals surface area contributed by atoms with E-state index in [9.17, 15) is 29.8 Å². The molecule has 0 saturated carbocycles. The van der Waals surface area contributed by atoms with Crippen LogP contribution in [0.2, 0.25) is 0 Å². The smallest absolute Gasteiger partial charge is 0.338 e. The van der Waals surface area contributed by atoms with E-state index in [2.05, 4.69) is 21.2 Å². The minimum Gasteiger partial charge on any atom is -0.483 e. The van der Waals surface area contributed by atoms with Crippen LogP contribution >= 0.6 is 12.2 Å². The third-order valence-corrected chi connectivity index (χ3v) is 6.46. The minimum absolute atomic E-state index is 0.144. The number of amides is 1. The van der Waals surface area contributed by atoms with Gasteiger partial charge in [-0.1, -0.05) is 30.3 Å². The highest BCUT2D eigenvalue weighted by molar-refractivity contribution is 7.80. The molecule has 0 radical (unpaired) electrons. The highest BCUT2D eigenvalue weighted by atomic mass is 32.1. The summed E-state index contributed by atoms with van der Waals surface area (Å²) in [5, 5.41) is 32.7. The van der Waals surface area contributed by atoms with E-state index in [0.717, 1.165) is 18.2 Å². The number of esters is 1. The van der Waals surface area contributed by atoms with Gasteiger partial charge in [-0.05, 0) is 50.3 Å². The van der Waals surface area contributed by atoms with Gasteiger partial charge in [0.25, 0.3) is 11.6 Å². The van der Waals surface area contributed by atoms with Gasteiger partial charge in [0.05, 0.1) is 40.3 Å². The van der Waals surface area contributed by atoms with Crippen LogP contribution in [0.3, 0.4) is 0 Å². The second-order valence-corrected chi connectivity index (χ2v) is 9.62. The maximum absolute atomic E-state index is 12.7. The monoisotopic (exact) mass is 634 g/mol. The fraction of sp³-hybridized carbons (Fsp3) is 0.172. The lowest BCUT2D eigenvalue weighted by Gasteiger charge is -2.30. The molecule has 16 heteroatoms. The molecule has 0 fully saturated rings. The molecule has 3 N–H and O–H groups in total. The Morgan fingerprint density at radius 1 is 1.02 bits per heavy atom. The van der Waals surface area contributed by atoms with Crippen molar-refractivity contribution in [1.29, 1.82) is 0 Å². The molecule has 3 aromatic carbocycles. The summed E-state index contributed by atoms with van der Waals surface area (Å²) in [5.41, 5.74) is 3.01. The Hall–Kier alpha value is -5.90. The Morgan fingerprint density at radius 2 is 1.73 bits per heavy atom. The predicted molar refractivity (Wildman–Crippen MR) is 165 cm³/mol. The van der Waals surface area contributed by atoms with Crippen molar-refractivity contribution in [2.24, 2.45) is 5.10 Å². The standard InChI is InChI=1S/C29H26N6O9S/c1-3-42-28(37)26-17(2)31-29(45)32-27(26)20-9-5-7-11-23(20)43-16-25(36)33-30-15-18-8-4-6-10-22(18)44-24-13-12-19(34(38)39)14-21(24)35(40)41/h4-15,27H,3,16H2,1-2H3,(H,33,36)(H2,31,32,45)/t27-/m0/s1. The van der Waals surface area contributed by atoms with Crippen molar-refractivity contribution in [3.8, 4) is 17.2 Å². The topological polar surface area (TPSA) is 197 Å². The molecular weight excluding hydrogens is 608 g/mol. The summed E-state index contributed by atoms with van der Waals surface area (Å²) in [6.07, 6.45) is 1.26. The molecule has 15 nitrogen and oxygen atoms in total. The van der Waals surface area contributed by atoms with Gasteiger partial charge in [0.15, 0.2) is 11.7 Å². The fourth-order valence-electron chi connectivity index (χ4n) is 4.25. The van der Waals surface area contributed by atoms with Crippen molar-refractivity contribution < 1.29 is 33.6 Å². The molecule has 0 aromatic heterocycles. The number of para-hydroxylation sites is 2. The van der Waals surface area contributed by atoms with E-state index in [1.807, 2.05) is 0 Å². The van der Waals surface area contributed by atoms with Gasteiger partial charge in [0.2, 0.25) is 5.75 Å². The highest BCUT2D eigenvalue weighted by Gasteiger charge is 2.32. The van der Waals surface area contributed by atoms with Crippen LogP contribution in [0, 0.1) is 20.2 Å². The number of thiocarbonyl (C=S) groups is 1. The molecule has 232 valence electrons. The summed E-state index contributed by atoms with van der Waals surface area (Å²) >= 11 is 5.29. The van der Waals surface area contributed by atoms with Crippen LogP contribution in [-0.4, -0.2) is 46.3 Å². The van der Waals surface area contributed by atoms with E-state index in [1.54, 1.807) is 56.3 Å². The summed E-state index contributed by atoms with van der Waals surface area (Å²) in [7, 11) is 0. The van der Waals surface area contributed by atoms with E-state index in [4.69, 9.17) is 26.4 Å². The fourth-order valence-corrected chi connectivity index (χ4v) is 4.52. The number of nitro benzene ring substituents is 2. The van der Waals surface area contributed by atoms with Gasteiger partial charge in [0.1, 0.15) is 11.5 Å². The molecule has 0 aliphatic carbocycles. The zero-order valence-corrected chi connectivity index (χ0v) is 24.7. The lowest BCUT2D eigenvalue weighted by atomic mass is 9.95. The van der Waals surface area contributed by atoms with Crippen LogP contribution in [0.1, 0.15) is 31.0 Å². The number of ether oxygens (including phenoxy) is 3. The first-order valence-corrected chi connectivity index (χ1v) is 13.7. The van der Waals surface area contributed by atoms with Crippen molar-refractivity contribution in [3.63, 3.8) is 0 Å². The summed E-state index contributed by atoms with van der Waals surface area (Å²) in [6, 6.07) is 15.5. The molecule has 1 atom stereocenters. The first-order valence-electron chi connectivity index (χ1n) is 13.3. The van der Waals surface area contributed by atoms with Crippen LogP contribution < -0.4 is 25.5 Å². The maximum Gasteiger partial charge on any atom is 0.338 e. The molecule has 0 bridgehead atoms. The molecular formula is C29H26N6O9S. The highest BCUT2D eigenvalue weighted by Crippen LogP contribution is 2.36. The lowest BCUT2D eigenvalue weighted by molar-refractivity contribution is -0.394. The van der Waals surface area contributed by atoms with E-state index in [-0.39, 0.29) is 18.1 Å². The van der Waals surface area contributed by atoms with Crippen molar-refractivity contribution >= 4 is 46.8 Å². The number of nitro groups is 2. The van der Waals surface area contributed by atoms with Gasteiger partial charge >= 0.3 is 11.7 Å². The van der Waals surface area contributed by atoms with Crippen LogP contribution in [0.4, 0.5) is 11.4 Å². The van der Waals surface area contributed by atoms with E-state index >= 15 is 0 Å². The van der Waals surface area contributed by atoms with Gasteiger partial charge in [-0.25, -0.2) is 10.2 Å². The Kier molecular flexibility index (Phi) is 10.3. The number of rotatable bonds is 12. The zero-order valence-electron chi connectivity index (χ0n) is 23.8. The van der Waals surface area contributed by atoms with Crippen molar-refractivity contribution in [1.82, 2.24) is 16.1 Å². The number of hydrogen-bond donors (Lipinski definition) is 3. The molecule has 1 aliphatic heterocycles. The van der Waals surface area contributed by atoms with Crippen molar-refractivity contribution in [2.75, 3.05) is 13.2 Å². The summed E-state index contributed by atoms with van der Waals surface area (Å²) in [4.78, 5) is 46.3. The number of allylic oxidation sites excluding steroid dienone is 1. The molecule has 45 heavy (non-hydrogen) atoms. The molecule has 3 aromatic rings. The Labute approximate surface area is 261 Å². The quantitative estimate of drug-likeness (QED) is 0.0846. The Balaban J connectivity index is 1.45. The van der Waals surface area contributed by atoms with Gasteiger partial charge in [-0.2, -0.15) is 5.10 Å². The maximum atomic E-state index is 12.7. The summed E-state index contributed by atoms with van der Waals surface area (Å²) in [6.45, 7) is 3.15. The summed E-state index contributed by atoms with van der Waals surface area (Å²) < 4.78 is 16.7. The number of nitrogens with one attached hydrogen (secondary N) is 3. The average molecular weight is 635 g/mol. The van der Waals surface area contributed by atoms with Gasteiger partial charge in [-0.3, -0.25) is 25.0 Å². The van der Waals surface area contributed by atoms with Crippen LogP contribution in [0.5, 0.6) is 17.2 Å². The predicted octanol–water partition coefficient (Wildman–Crippen LogP) is 4.18. The number of hydrazone groups is 1. The second-order valence-electron chi connectivity index (χ2n) is 9.22. The van der Waals surface area contributed by atoms with Gasteiger partial charge in [-0.15, -0.1) is 0 Å². The normalized spacial score (nSPS) is 14.3. The summed E-state index contributed by atoms with van der Waals surface area (Å²) in [5.74, 6) is -0.904. The minimum atomic E-state index is -0.790. The Bertz CT molecular complexity index is 1730. The van der Waals surface area contributed by atoms with Gasteiger partial charge in [0, 0.05) is 22.9 Å². The third-order valence-electron chi connectivity index (χ3n) is 6.24. The zero-order chi connectivity index (χ0) is 32.5. The molecule has 1 aliphatic rings. The molecule has 1 heterocycles. The number of benzene rings is 3.